The lowest BCUT2D eigenvalue weighted by Crippen LogP contribution is -2.14. The fraction of sp³-hybridized carbons (Fsp3) is 0.600. The van der Waals surface area contributed by atoms with E-state index in [1.165, 1.54) is 0 Å². The number of fused-ring (bicyclic) bond motifs is 1. The minimum Gasteiger partial charge on any atom is -0.477 e. The van der Waals surface area contributed by atoms with Crippen LogP contribution in [0.15, 0.2) is 6.07 Å². The molecule has 0 aromatic carbocycles. The number of hydrogen-bond acceptors (Lipinski definition) is 4. The van der Waals surface area contributed by atoms with Gasteiger partial charge in [0.05, 0.1) is 6.61 Å². The summed E-state index contributed by atoms with van der Waals surface area (Å²) >= 11 is 0. The molecular formula is C15H21NO4. The van der Waals surface area contributed by atoms with E-state index >= 15 is 0 Å². The van der Waals surface area contributed by atoms with Crippen molar-refractivity contribution in [2.24, 2.45) is 0 Å². The lowest BCUT2D eigenvalue weighted by molar-refractivity contribution is 0.0682. The number of rotatable bonds is 7. The van der Waals surface area contributed by atoms with E-state index in [4.69, 9.17) is 9.47 Å². The van der Waals surface area contributed by atoms with Crippen LogP contribution in [0.2, 0.25) is 0 Å². The van der Waals surface area contributed by atoms with Gasteiger partial charge in [0.1, 0.15) is 12.2 Å². The minimum absolute atomic E-state index is 0.154. The summed E-state index contributed by atoms with van der Waals surface area (Å²) in [5.74, 6) is -0.770. The van der Waals surface area contributed by atoms with Gasteiger partial charge in [-0.1, -0.05) is 6.92 Å². The highest BCUT2D eigenvalue weighted by atomic mass is 16.5. The third kappa shape index (κ3) is 3.70. The number of aromatic nitrogens is 1. The Bertz CT molecular complexity index is 473. The van der Waals surface area contributed by atoms with Crippen LogP contribution >= 0.6 is 0 Å². The van der Waals surface area contributed by atoms with E-state index < -0.39 is 5.97 Å². The van der Waals surface area contributed by atoms with Crippen LogP contribution in [-0.2, 0) is 17.6 Å². The molecule has 0 saturated heterocycles. The zero-order valence-corrected chi connectivity index (χ0v) is 11.9. The Labute approximate surface area is 118 Å². The minimum atomic E-state index is -0.990. The first kappa shape index (κ1) is 14.8. The van der Waals surface area contributed by atoms with Crippen molar-refractivity contribution < 1.29 is 19.4 Å². The number of pyridine rings is 1. The Morgan fingerprint density at radius 3 is 2.85 bits per heavy atom. The molecule has 0 atom stereocenters. The van der Waals surface area contributed by atoms with E-state index in [0.717, 1.165) is 43.4 Å². The monoisotopic (exact) mass is 279 g/mol. The third-order valence-corrected chi connectivity index (χ3v) is 3.31. The summed E-state index contributed by atoms with van der Waals surface area (Å²) in [6.45, 7) is 3.50. The van der Waals surface area contributed by atoms with Gasteiger partial charge >= 0.3 is 5.97 Å². The first-order valence-electron chi connectivity index (χ1n) is 7.19. The first-order valence-corrected chi connectivity index (χ1v) is 7.19. The summed E-state index contributed by atoms with van der Waals surface area (Å²) in [7, 11) is 0. The predicted octanol–water partition coefficient (Wildman–Crippen LogP) is 2.46. The molecule has 1 aromatic heterocycles. The quantitative estimate of drug-likeness (QED) is 0.776. The van der Waals surface area contributed by atoms with Crippen LogP contribution in [-0.4, -0.2) is 35.9 Å². The second-order valence-electron chi connectivity index (χ2n) is 4.92. The van der Waals surface area contributed by atoms with E-state index in [9.17, 15) is 9.90 Å². The summed E-state index contributed by atoms with van der Waals surface area (Å²) in [6, 6.07) is 1.71. The molecular weight excluding hydrogens is 258 g/mol. The van der Waals surface area contributed by atoms with E-state index in [-0.39, 0.29) is 11.4 Å². The third-order valence-electron chi connectivity index (χ3n) is 3.31. The van der Waals surface area contributed by atoms with Gasteiger partial charge in [-0.15, -0.1) is 0 Å². The molecule has 0 fully saturated rings. The average Bonchev–Trinajstić information content (AvgIpc) is 2.46. The molecule has 1 heterocycles. The van der Waals surface area contributed by atoms with Crippen molar-refractivity contribution in [2.45, 2.75) is 39.0 Å². The van der Waals surface area contributed by atoms with E-state index in [2.05, 4.69) is 4.98 Å². The molecule has 0 bridgehead atoms. The van der Waals surface area contributed by atoms with Gasteiger partial charge in [0.25, 0.3) is 0 Å². The zero-order valence-electron chi connectivity index (χ0n) is 11.9. The van der Waals surface area contributed by atoms with Crippen molar-refractivity contribution in [3.8, 4) is 5.88 Å². The summed E-state index contributed by atoms with van der Waals surface area (Å²) in [6.07, 6.45) is 4.96. The fourth-order valence-corrected chi connectivity index (χ4v) is 2.32. The summed E-state index contributed by atoms with van der Waals surface area (Å²) in [4.78, 5) is 15.7. The van der Waals surface area contributed by atoms with E-state index in [1.807, 2.05) is 6.92 Å². The molecule has 5 heteroatoms. The molecule has 0 saturated carbocycles. The van der Waals surface area contributed by atoms with Gasteiger partial charge in [0.2, 0.25) is 5.88 Å². The number of aromatic carboxylic acids is 1. The molecule has 0 spiro atoms. The second-order valence-corrected chi connectivity index (χ2v) is 4.92. The highest BCUT2D eigenvalue weighted by molar-refractivity contribution is 5.90. The first-order chi connectivity index (χ1) is 9.72. The van der Waals surface area contributed by atoms with Gasteiger partial charge < -0.3 is 14.6 Å². The van der Waals surface area contributed by atoms with Crippen molar-refractivity contribution in [2.75, 3.05) is 19.8 Å². The number of carboxylic acids is 1. The number of carboxylic acid groups (broad SMARTS) is 1. The Morgan fingerprint density at radius 1 is 1.30 bits per heavy atom. The molecule has 110 valence electrons. The smallest absolute Gasteiger partial charge is 0.341 e. The molecule has 1 aliphatic carbocycles. The fourth-order valence-electron chi connectivity index (χ4n) is 2.32. The predicted molar refractivity (Wildman–Crippen MR) is 74.4 cm³/mol. The topological polar surface area (TPSA) is 68.7 Å². The van der Waals surface area contributed by atoms with Crippen LogP contribution in [0.4, 0.5) is 0 Å². The van der Waals surface area contributed by atoms with E-state index in [1.54, 1.807) is 6.07 Å². The molecule has 0 radical (unpaired) electrons. The van der Waals surface area contributed by atoms with Crippen LogP contribution < -0.4 is 4.74 Å². The number of nitrogens with zero attached hydrogens (tertiary/aromatic N) is 1. The maximum Gasteiger partial charge on any atom is 0.341 e. The Morgan fingerprint density at radius 2 is 2.10 bits per heavy atom. The van der Waals surface area contributed by atoms with Crippen LogP contribution in [0.25, 0.3) is 0 Å². The maximum atomic E-state index is 11.3. The SMILES string of the molecule is CCCOCCOc1nc2c(cc1C(=O)O)CCCC2. The highest BCUT2D eigenvalue weighted by Gasteiger charge is 2.19. The molecule has 5 nitrogen and oxygen atoms in total. The molecule has 2 rings (SSSR count). The van der Waals surface area contributed by atoms with Crippen LogP contribution in [0, 0.1) is 0 Å². The second kappa shape index (κ2) is 7.24. The average molecular weight is 279 g/mol. The van der Waals surface area contributed by atoms with Gasteiger partial charge in [0, 0.05) is 12.3 Å². The van der Waals surface area contributed by atoms with Crippen LogP contribution in [0.5, 0.6) is 5.88 Å². The summed E-state index contributed by atoms with van der Waals surface area (Å²) in [5, 5.41) is 9.26. The molecule has 1 aliphatic rings. The molecule has 20 heavy (non-hydrogen) atoms. The van der Waals surface area contributed by atoms with Crippen LogP contribution in [0.3, 0.4) is 0 Å². The van der Waals surface area contributed by atoms with Gasteiger partial charge in [-0.05, 0) is 43.7 Å². The molecule has 0 unspecified atom stereocenters. The van der Waals surface area contributed by atoms with Crippen LogP contribution in [0.1, 0.15) is 47.8 Å². The Kier molecular flexibility index (Phi) is 5.35. The molecule has 0 amide bonds. The summed E-state index contributed by atoms with van der Waals surface area (Å²) < 4.78 is 10.8. The normalized spacial score (nSPS) is 13.8. The van der Waals surface area contributed by atoms with Gasteiger partial charge in [-0.25, -0.2) is 9.78 Å². The van der Waals surface area contributed by atoms with Gasteiger partial charge in [-0.2, -0.15) is 0 Å². The lowest BCUT2D eigenvalue weighted by atomic mass is 9.95. The molecule has 1 aromatic rings. The standard InChI is InChI=1S/C15H21NO4/c1-2-7-19-8-9-20-14-12(15(17)18)10-11-5-3-4-6-13(11)16-14/h10H,2-9H2,1H3,(H,17,18). The number of aryl methyl sites for hydroxylation is 2. The van der Waals surface area contributed by atoms with Gasteiger partial charge in [-0.3, -0.25) is 0 Å². The van der Waals surface area contributed by atoms with Crippen molar-refractivity contribution in [1.29, 1.82) is 0 Å². The number of carbonyl (C=O) groups is 1. The maximum absolute atomic E-state index is 11.3. The van der Waals surface area contributed by atoms with Crippen molar-refractivity contribution in [3.05, 3.63) is 22.9 Å². The lowest BCUT2D eigenvalue weighted by Gasteiger charge is -2.17. The summed E-state index contributed by atoms with van der Waals surface area (Å²) in [5.41, 5.74) is 2.18. The number of hydrogen-bond donors (Lipinski definition) is 1. The number of ether oxygens (including phenoxy) is 2. The van der Waals surface area contributed by atoms with Crippen molar-refractivity contribution in [3.63, 3.8) is 0 Å². The molecule has 0 aliphatic heterocycles. The van der Waals surface area contributed by atoms with Gasteiger partial charge in [0.15, 0.2) is 0 Å². The van der Waals surface area contributed by atoms with E-state index in [0.29, 0.717) is 19.8 Å². The van der Waals surface area contributed by atoms with Crippen molar-refractivity contribution in [1.82, 2.24) is 4.98 Å². The largest absolute Gasteiger partial charge is 0.477 e. The zero-order chi connectivity index (χ0) is 14.4. The Hall–Kier alpha value is -1.62. The molecule has 1 N–H and O–H groups in total. The highest BCUT2D eigenvalue weighted by Crippen LogP contribution is 2.26. The van der Waals surface area contributed by atoms with Crippen molar-refractivity contribution >= 4 is 5.97 Å². The Balaban J connectivity index is 2.07.